The Hall–Kier alpha value is -2.50. The van der Waals surface area contributed by atoms with Crippen molar-refractivity contribution >= 4 is 11.8 Å². The van der Waals surface area contributed by atoms with Gasteiger partial charge in [0.05, 0.1) is 0 Å². The predicted molar refractivity (Wildman–Crippen MR) is 82.9 cm³/mol. The number of piperidine rings is 1. The van der Waals surface area contributed by atoms with Gasteiger partial charge in [0.2, 0.25) is 0 Å². The number of aromatic carboxylic acids is 1. The molecule has 6 heteroatoms. The Morgan fingerprint density at radius 3 is 2.91 bits per heavy atom. The van der Waals surface area contributed by atoms with Crippen LogP contribution in [0, 0.1) is 0 Å². The SMILES string of the molecule is CC1CCCCN1c1cc(C(=O)O)nc(-c2cccnc2)n1. The summed E-state index contributed by atoms with van der Waals surface area (Å²) in [7, 11) is 0. The third kappa shape index (κ3) is 2.90. The maximum atomic E-state index is 11.4. The van der Waals surface area contributed by atoms with E-state index >= 15 is 0 Å². The minimum Gasteiger partial charge on any atom is -0.477 e. The highest BCUT2D eigenvalue weighted by Gasteiger charge is 2.22. The molecule has 1 unspecified atom stereocenters. The molecule has 1 fully saturated rings. The molecule has 2 aromatic heterocycles. The van der Waals surface area contributed by atoms with E-state index in [9.17, 15) is 9.90 Å². The second kappa shape index (κ2) is 6.09. The lowest BCUT2D eigenvalue weighted by Gasteiger charge is -2.34. The molecule has 1 saturated heterocycles. The van der Waals surface area contributed by atoms with E-state index in [2.05, 4.69) is 26.8 Å². The van der Waals surface area contributed by atoms with Crippen molar-refractivity contribution < 1.29 is 9.90 Å². The average molecular weight is 298 g/mol. The van der Waals surface area contributed by atoms with Crippen LogP contribution in [0.3, 0.4) is 0 Å². The number of anilines is 1. The number of hydrogen-bond donors (Lipinski definition) is 1. The Labute approximate surface area is 128 Å². The van der Waals surface area contributed by atoms with E-state index in [1.807, 2.05) is 6.07 Å². The van der Waals surface area contributed by atoms with Crippen molar-refractivity contribution in [3.05, 3.63) is 36.3 Å². The first-order valence-electron chi connectivity index (χ1n) is 7.44. The maximum Gasteiger partial charge on any atom is 0.354 e. The molecule has 22 heavy (non-hydrogen) atoms. The molecule has 6 nitrogen and oxygen atoms in total. The van der Waals surface area contributed by atoms with Crippen molar-refractivity contribution in [3.8, 4) is 11.4 Å². The molecule has 0 spiro atoms. The molecule has 2 aromatic rings. The molecule has 1 aliphatic heterocycles. The Bertz CT molecular complexity index is 675. The molecule has 1 aliphatic rings. The standard InChI is InChI=1S/C16H18N4O2/c1-11-5-2-3-8-20(11)14-9-13(16(21)22)18-15(19-14)12-6-4-7-17-10-12/h4,6-7,9-11H,2-3,5,8H2,1H3,(H,21,22). The van der Waals surface area contributed by atoms with Gasteiger partial charge in [-0.25, -0.2) is 14.8 Å². The number of hydrogen-bond acceptors (Lipinski definition) is 5. The monoisotopic (exact) mass is 298 g/mol. The van der Waals surface area contributed by atoms with Crippen LogP contribution in [0.15, 0.2) is 30.6 Å². The molecule has 0 bridgehead atoms. The highest BCUT2D eigenvalue weighted by atomic mass is 16.4. The van der Waals surface area contributed by atoms with Gasteiger partial charge in [-0.15, -0.1) is 0 Å². The van der Waals surface area contributed by atoms with Gasteiger partial charge in [-0.1, -0.05) is 0 Å². The number of carboxylic acids is 1. The van der Waals surface area contributed by atoms with Crippen molar-refractivity contribution in [1.82, 2.24) is 15.0 Å². The normalized spacial score (nSPS) is 18.2. The van der Waals surface area contributed by atoms with Crippen LogP contribution in [0.2, 0.25) is 0 Å². The lowest BCUT2D eigenvalue weighted by Crippen LogP contribution is -2.38. The first-order valence-corrected chi connectivity index (χ1v) is 7.44. The molecular formula is C16H18N4O2. The molecule has 3 rings (SSSR count). The third-order valence-corrected chi connectivity index (χ3v) is 3.95. The quantitative estimate of drug-likeness (QED) is 0.938. The van der Waals surface area contributed by atoms with E-state index < -0.39 is 5.97 Å². The second-order valence-electron chi connectivity index (χ2n) is 5.52. The zero-order valence-corrected chi connectivity index (χ0v) is 12.4. The second-order valence-corrected chi connectivity index (χ2v) is 5.52. The summed E-state index contributed by atoms with van der Waals surface area (Å²) in [6, 6.07) is 5.53. The molecule has 1 atom stereocenters. The highest BCUT2D eigenvalue weighted by molar-refractivity contribution is 5.87. The van der Waals surface area contributed by atoms with Gasteiger partial charge in [-0.3, -0.25) is 4.98 Å². The number of pyridine rings is 1. The van der Waals surface area contributed by atoms with E-state index in [1.165, 1.54) is 6.42 Å². The van der Waals surface area contributed by atoms with Gasteiger partial charge in [0.25, 0.3) is 0 Å². The Balaban J connectivity index is 2.06. The molecule has 0 aliphatic carbocycles. The number of carbonyl (C=O) groups is 1. The summed E-state index contributed by atoms with van der Waals surface area (Å²) in [5.41, 5.74) is 0.734. The fraction of sp³-hybridized carbons (Fsp3) is 0.375. The van der Waals surface area contributed by atoms with Crippen LogP contribution < -0.4 is 4.90 Å². The first kappa shape index (κ1) is 14.4. The molecule has 3 heterocycles. The average Bonchev–Trinajstić information content (AvgIpc) is 2.55. The van der Waals surface area contributed by atoms with Gasteiger partial charge in [0.15, 0.2) is 11.5 Å². The van der Waals surface area contributed by atoms with Crippen molar-refractivity contribution in [3.63, 3.8) is 0 Å². The number of nitrogens with zero attached hydrogens (tertiary/aromatic N) is 4. The van der Waals surface area contributed by atoms with Crippen molar-refractivity contribution in [2.24, 2.45) is 0 Å². The lowest BCUT2D eigenvalue weighted by atomic mass is 10.0. The fourth-order valence-electron chi connectivity index (χ4n) is 2.75. The zero-order chi connectivity index (χ0) is 15.5. The van der Waals surface area contributed by atoms with Gasteiger partial charge in [-0.05, 0) is 38.3 Å². The highest BCUT2D eigenvalue weighted by Crippen LogP contribution is 2.25. The van der Waals surface area contributed by atoms with Crippen LogP contribution in [-0.4, -0.2) is 38.6 Å². The Kier molecular flexibility index (Phi) is 4.00. The summed E-state index contributed by atoms with van der Waals surface area (Å²) in [5, 5.41) is 9.32. The topological polar surface area (TPSA) is 79.2 Å². The van der Waals surface area contributed by atoms with E-state index in [0.29, 0.717) is 17.7 Å². The summed E-state index contributed by atoms with van der Waals surface area (Å²) in [6.07, 6.45) is 6.69. The minimum absolute atomic E-state index is 0.0154. The molecule has 0 aromatic carbocycles. The molecule has 0 radical (unpaired) electrons. The van der Waals surface area contributed by atoms with E-state index in [1.54, 1.807) is 24.5 Å². The van der Waals surface area contributed by atoms with Gasteiger partial charge < -0.3 is 10.0 Å². The largest absolute Gasteiger partial charge is 0.477 e. The van der Waals surface area contributed by atoms with E-state index in [-0.39, 0.29) is 5.69 Å². The van der Waals surface area contributed by atoms with Gasteiger partial charge in [0, 0.05) is 36.6 Å². The summed E-state index contributed by atoms with van der Waals surface area (Å²) in [6.45, 7) is 3.04. The van der Waals surface area contributed by atoms with E-state index in [4.69, 9.17) is 0 Å². The maximum absolute atomic E-state index is 11.4. The molecular weight excluding hydrogens is 280 g/mol. The van der Waals surface area contributed by atoms with Gasteiger partial charge in [0.1, 0.15) is 5.82 Å². The zero-order valence-electron chi connectivity index (χ0n) is 12.4. The smallest absolute Gasteiger partial charge is 0.354 e. The number of rotatable bonds is 3. The van der Waals surface area contributed by atoms with Crippen LogP contribution in [0.1, 0.15) is 36.7 Å². The molecule has 1 N–H and O–H groups in total. The summed E-state index contributed by atoms with van der Waals surface area (Å²) in [4.78, 5) is 26.3. The molecule has 0 amide bonds. The van der Waals surface area contributed by atoms with Crippen LogP contribution in [-0.2, 0) is 0 Å². The molecule has 0 saturated carbocycles. The third-order valence-electron chi connectivity index (χ3n) is 3.95. The fourth-order valence-corrected chi connectivity index (χ4v) is 2.75. The van der Waals surface area contributed by atoms with E-state index in [0.717, 1.165) is 24.9 Å². The van der Waals surface area contributed by atoms with Gasteiger partial charge >= 0.3 is 5.97 Å². The summed E-state index contributed by atoms with van der Waals surface area (Å²) >= 11 is 0. The first-order chi connectivity index (χ1) is 10.6. The van der Waals surface area contributed by atoms with Gasteiger partial charge in [-0.2, -0.15) is 0 Å². The number of carboxylic acid groups (broad SMARTS) is 1. The lowest BCUT2D eigenvalue weighted by molar-refractivity contribution is 0.0690. The van der Waals surface area contributed by atoms with Crippen molar-refractivity contribution in [1.29, 1.82) is 0 Å². The van der Waals surface area contributed by atoms with Crippen molar-refractivity contribution in [2.75, 3.05) is 11.4 Å². The van der Waals surface area contributed by atoms with Crippen LogP contribution >= 0.6 is 0 Å². The van der Waals surface area contributed by atoms with Crippen LogP contribution in [0.25, 0.3) is 11.4 Å². The van der Waals surface area contributed by atoms with Crippen LogP contribution in [0.5, 0.6) is 0 Å². The number of aromatic nitrogens is 3. The summed E-state index contributed by atoms with van der Waals surface area (Å²) < 4.78 is 0. The predicted octanol–water partition coefficient (Wildman–Crippen LogP) is 2.62. The Morgan fingerprint density at radius 1 is 1.36 bits per heavy atom. The Morgan fingerprint density at radius 2 is 2.23 bits per heavy atom. The summed E-state index contributed by atoms with van der Waals surface area (Å²) in [5.74, 6) is 0.0395. The molecule has 114 valence electrons. The minimum atomic E-state index is -1.04. The van der Waals surface area contributed by atoms with Crippen LogP contribution in [0.4, 0.5) is 5.82 Å². The van der Waals surface area contributed by atoms with Crippen molar-refractivity contribution in [2.45, 2.75) is 32.2 Å².